The second kappa shape index (κ2) is 26.8. The predicted molar refractivity (Wildman–Crippen MR) is 211 cm³/mol. The van der Waals surface area contributed by atoms with Gasteiger partial charge >= 0.3 is 6.09 Å². The molecule has 14 nitrogen and oxygen atoms in total. The van der Waals surface area contributed by atoms with Gasteiger partial charge in [-0.05, 0) is 22.3 Å². The molecule has 0 heterocycles. The Hall–Kier alpha value is -3.91. The Kier molecular flexibility index (Phi) is 23.8. The number of hydrogen-bond acceptors (Lipinski definition) is 11. The molecule has 0 aliphatic rings. The molecule has 53 heavy (non-hydrogen) atoms. The maximum absolute atomic E-state index is 11.2. The van der Waals surface area contributed by atoms with Gasteiger partial charge in [0.2, 0.25) is 29.1 Å². The fourth-order valence-electron chi connectivity index (χ4n) is 3.70. The topological polar surface area (TPSA) is 243 Å². The number of benzene rings is 4. The van der Waals surface area contributed by atoms with E-state index in [0.29, 0.717) is 19.6 Å². The molecule has 4 aromatic carbocycles. The average Bonchev–Trinajstić information content (AvgIpc) is 3.14. The van der Waals surface area contributed by atoms with Crippen LogP contribution in [-0.4, -0.2) is 68.2 Å². The van der Waals surface area contributed by atoms with Gasteiger partial charge in [0.1, 0.15) is 6.61 Å². The first kappa shape index (κ1) is 47.1. The summed E-state index contributed by atoms with van der Waals surface area (Å²) in [5, 5.41) is 2.28. The molecule has 0 fully saturated rings. The summed E-state index contributed by atoms with van der Waals surface area (Å²) in [5.74, 6) is -0.380. The third-order valence-electron chi connectivity index (χ3n) is 6.36. The molecule has 292 valence electrons. The number of alkyl carbamates (subject to hydrolysis) is 1. The van der Waals surface area contributed by atoms with Crippen LogP contribution in [-0.2, 0) is 60.1 Å². The number of rotatable bonds is 16. The first-order chi connectivity index (χ1) is 25.2. The van der Waals surface area contributed by atoms with E-state index in [1.165, 1.54) is 5.56 Å². The van der Waals surface area contributed by atoms with Crippen LogP contribution in [0, 0.1) is 0 Å². The molecule has 0 radical (unpaired) electrons. The Morgan fingerprint density at radius 3 is 1.23 bits per heavy atom. The number of nitrogens with one attached hydrogen (secondary N) is 3. The number of sulfonamides is 2. The molecule has 0 spiro atoms. The van der Waals surface area contributed by atoms with Gasteiger partial charge in [-0.1, -0.05) is 121 Å². The lowest BCUT2D eigenvalue weighted by Crippen LogP contribution is -2.29. The number of halogens is 1. The zero-order valence-corrected chi connectivity index (χ0v) is 32.4. The zero-order valence-electron chi connectivity index (χ0n) is 29.2. The lowest BCUT2D eigenvalue weighted by Gasteiger charge is -2.05. The first-order valence-corrected chi connectivity index (χ1v) is 22.0. The molecule has 4 aromatic rings. The molecule has 0 aliphatic carbocycles. The van der Waals surface area contributed by atoms with E-state index in [4.69, 9.17) is 32.6 Å². The Balaban J connectivity index is 0.000000363. The van der Waals surface area contributed by atoms with Gasteiger partial charge < -0.3 is 27.3 Å². The van der Waals surface area contributed by atoms with Gasteiger partial charge in [0, 0.05) is 50.0 Å². The molecule has 0 aromatic heterocycles. The summed E-state index contributed by atoms with van der Waals surface area (Å²) in [7, 11) is -5.02. The number of carbonyl (C=O) groups excluding carboxylic acids is 1. The van der Waals surface area contributed by atoms with Gasteiger partial charge in [-0.25, -0.2) is 39.5 Å². The van der Waals surface area contributed by atoms with Gasteiger partial charge in [-0.2, -0.15) is 0 Å². The first-order valence-electron chi connectivity index (χ1n) is 16.2. The summed E-state index contributed by atoms with van der Waals surface area (Å²) in [6.07, 6.45) is -0.672. The maximum atomic E-state index is 11.2. The van der Waals surface area contributed by atoms with Crippen molar-refractivity contribution >= 4 is 45.9 Å². The number of hydrogen-bond donors (Lipinski definition) is 6. The van der Waals surface area contributed by atoms with Crippen molar-refractivity contribution in [2.24, 2.45) is 17.2 Å². The van der Waals surface area contributed by atoms with Crippen LogP contribution in [0.1, 0.15) is 22.3 Å². The van der Waals surface area contributed by atoms with Crippen LogP contribution < -0.4 is 32.0 Å². The van der Waals surface area contributed by atoms with Crippen LogP contribution >= 0.6 is 10.7 Å². The monoisotopic (exact) mass is 812 g/mol. The Labute approximate surface area is 318 Å². The molecule has 0 atom stereocenters. The van der Waals surface area contributed by atoms with Crippen molar-refractivity contribution < 1.29 is 34.8 Å². The van der Waals surface area contributed by atoms with E-state index >= 15 is 0 Å². The third-order valence-corrected chi connectivity index (χ3v) is 10.2. The molecule has 0 saturated carbocycles. The quantitative estimate of drug-likeness (QED) is 0.0899. The molecule has 9 N–H and O–H groups in total. The summed E-state index contributed by atoms with van der Waals surface area (Å²) < 4.78 is 75.8. The van der Waals surface area contributed by atoms with E-state index in [9.17, 15) is 30.0 Å². The van der Waals surface area contributed by atoms with Crippen molar-refractivity contribution in [1.82, 2.24) is 14.8 Å². The summed E-state index contributed by atoms with van der Waals surface area (Å²) in [4.78, 5) is 11.1. The highest BCUT2D eigenvalue weighted by Gasteiger charge is 2.09. The molecular formula is C35H49ClN6O8S3. The van der Waals surface area contributed by atoms with E-state index in [1.807, 2.05) is 121 Å². The van der Waals surface area contributed by atoms with Crippen molar-refractivity contribution in [3.05, 3.63) is 144 Å². The van der Waals surface area contributed by atoms with Gasteiger partial charge in [0.05, 0.1) is 17.3 Å². The Morgan fingerprint density at radius 1 is 0.547 bits per heavy atom. The van der Waals surface area contributed by atoms with Crippen LogP contribution in [0.5, 0.6) is 0 Å². The summed E-state index contributed by atoms with van der Waals surface area (Å²) >= 11 is 0. The van der Waals surface area contributed by atoms with Crippen molar-refractivity contribution in [1.29, 1.82) is 0 Å². The zero-order chi connectivity index (χ0) is 39.4. The number of ether oxygens (including phenoxy) is 1. The predicted octanol–water partition coefficient (Wildman–Crippen LogP) is 2.76. The SMILES string of the molecule is NCCS(=O)(=O)NCc1ccccc1.NCCS(=O)(=O)NCc1ccccc1.NCc1ccccc1.O=C(NCCS(=O)(=O)Cl)OCc1ccccc1. The molecule has 0 unspecified atom stereocenters. The van der Waals surface area contributed by atoms with Gasteiger partial charge in [-0.3, -0.25) is 0 Å². The summed E-state index contributed by atoms with van der Waals surface area (Å²) in [6, 6.07) is 37.8. The van der Waals surface area contributed by atoms with Crippen LogP contribution in [0.4, 0.5) is 4.79 Å². The minimum absolute atomic E-state index is 0.0279. The van der Waals surface area contributed by atoms with Crippen molar-refractivity contribution in [2.45, 2.75) is 26.2 Å². The Morgan fingerprint density at radius 2 is 0.906 bits per heavy atom. The fraction of sp³-hybridized carbons (Fsp3) is 0.286. The van der Waals surface area contributed by atoms with Gasteiger partial charge in [-0.15, -0.1) is 0 Å². The Bertz CT molecular complexity index is 1800. The van der Waals surface area contributed by atoms with Gasteiger partial charge in [0.15, 0.2) is 0 Å². The maximum Gasteiger partial charge on any atom is 0.407 e. The minimum Gasteiger partial charge on any atom is -0.445 e. The highest BCUT2D eigenvalue weighted by Crippen LogP contribution is 2.02. The van der Waals surface area contributed by atoms with Crippen LogP contribution in [0.3, 0.4) is 0 Å². The largest absolute Gasteiger partial charge is 0.445 e. The lowest BCUT2D eigenvalue weighted by atomic mass is 10.2. The summed E-state index contributed by atoms with van der Waals surface area (Å²) in [5.41, 5.74) is 19.6. The van der Waals surface area contributed by atoms with E-state index < -0.39 is 35.2 Å². The second-order valence-corrected chi connectivity index (χ2v) is 17.5. The highest BCUT2D eigenvalue weighted by molar-refractivity contribution is 8.13. The molecule has 4 rings (SSSR count). The fourth-order valence-corrected chi connectivity index (χ4v) is 5.96. The number of carbonyl (C=O) groups is 1. The van der Waals surface area contributed by atoms with Crippen molar-refractivity contribution in [3.8, 4) is 0 Å². The molecule has 0 saturated heterocycles. The van der Waals surface area contributed by atoms with Crippen LogP contribution in [0.25, 0.3) is 0 Å². The molecule has 0 aliphatic heterocycles. The van der Waals surface area contributed by atoms with Crippen molar-refractivity contribution in [3.63, 3.8) is 0 Å². The van der Waals surface area contributed by atoms with Crippen LogP contribution in [0.2, 0.25) is 0 Å². The summed E-state index contributed by atoms with van der Waals surface area (Å²) in [6.45, 7) is 1.64. The minimum atomic E-state index is -3.58. The molecule has 0 bridgehead atoms. The van der Waals surface area contributed by atoms with Gasteiger partial charge in [0.25, 0.3) is 0 Å². The standard InChI is InChI=1S/C10H12ClNO4S.2C9H14N2O2S.C7H9N/c11-17(14,15)7-6-12-10(13)16-8-9-4-2-1-3-5-9;2*10-6-7-14(12,13)11-8-9-4-2-1-3-5-9;8-6-7-4-2-1-3-5-7/h1-5H,6-8H2,(H,12,13);2*1-5,11H,6-8,10H2;1-5H,6,8H2. The molecule has 18 heteroatoms. The number of amides is 1. The second-order valence-electron chi connectivity index (χ2n) is 10.7. The van der Waals surface area contributed by atoms with E-state index in [1.54, 1.807) is 0 Å². The van der Waals surface area contributed by atoms with Crippen molar-refractivity contribution in [2.75, 3.05) is 36.9 Å². The average molecular weight is 813 g/mol. The molecule has 1 amide bonds. The van der Waals surface area contributed by atoms with E-state index in [0.717, 1.165) is 16.7 Å². The number of nitrogens with two attached hydrogens (primary N) is 3. The van der Waals surface area contributed by atoms with E-state index in [2.05, 4.69) is 14.8 Å². The van der Waals surface area contributed by atoms with Crippen LogP contribution in [0.15, 0.2) is 121 Å². The normalized spacial score (nSPS) is 10.9. The highest BCUT2D eigenvalue weighted by atomic mass is 35.7. The third kappa shape index (κ3) is 26.5. The van der Waals surface area contributed by atoms with E-state index in [-0.39, 0.29) is 43.5 Å². The lowest BCUT2D eigenvalue weighted by molar-refractivity contribution is 0.140. The smallest absolute Gasteiger partial charge is 0.407 e. The molecular weight excluding hydrogens is 764 g/mol.